The van der Waals surface area contributed by atoms with E-state index in [0.717, 1.165) is 45.7 Å². The van der Waals surface area contributed by atoms with Crippen LogP contribution in [-0.4, -0.2) is 62.7 Å². The van der Waals surface area contributed by atoms with E-state index in [1.54, 1.807) is 0 Å². The van der Waals surface area contributed by atoms with E-state index < -0.39 is 11.8 Å². The number of nitrogens with one attached hydrogen (secondary N) is 2. The molecule has 0 aromatic rings. The maximum Gasteiger partial charge on any atom is 0.309 e. The van der Waals surface area contributed by atoms with Gasteiger partial charge in [-0.05, 0) is 25.3 Å². The van der Waals surface area contributed by atoms with Crippen molar-refractivity contribution < 1.29 is 14.3 Å². The Morgan fingerprint density at radius 3 is 2.30 bits per heavy atom. The van der Waals surface area contributed by atoms with Gasteiger partial charge in [0.05, 0.1) is 13.2 Å². The minimum absolute atomic E-state index is 0.520. The molecule has 0 bridgehead atoms. The molecule has 20 heavy (non-hydrogen) atoms. The molecule has 0 atom stereocenters. The maximum atomic E-state index is 11.5. The summed E-state index contributed by atoms with van der Waals surface area (Å²) in [4.78, 5) is 25.3. The number of nitrogens with zero attached hydrogens (tertiary/aromatic N) is 1. The van der Waals surface area contributed by atoms with Crippen LogP contribution >= 0.6 is 0 Å². The zero-order valence-corrected chi connectivity index (χ0v) is 12.6. The van der Waals surface area contributed by atoms with Crippen LogP contribution in [0.2, 0.25) is 0 Å². The number of carbonyl (C=O) groups is 2. The van der Waals surface area contributed by atoms with Crippen LogP contribution in [-0.2, 0) is 14.3 Å². The van der Waals surface area contributed by atoms with Crippen LogP contribution in [0.3, 0.4) is 0 Å². The lowest BCUT2D eigenvalue weighted by molar-refractivity contribution is -0.139. The van der Waals surface area contributed by atoms with Crippen LogP contribution in [0, 0.1) is 5.92 Å². The Labute approximate surface area is 121 Å². The topological polar surface area (TPSA) is 70.7 Å². The van der Waals surface area contributed by atoms with Crippen LogP contribution in [0.15, 0.2) is 0 Å². The lowest BCUT2D eigenvalue weighted by atomic mass is 10.1. The maximum absolute atomic E-state index is 11.5. The van der Waals surface area contributed by atoms with Crippen LogP contribution in [0.1, 0.15) is 26.7 Å². The molecule has 1 saturated heterocycles. The van der Waals surface area contributed by atoms with Gasteiger partial charge in [-0.3, -0.25) is 14.5 Å². The van der Waals surface area contributed by atoms with Crippen molar-refractivity contribution in [1.29, 1.82) is 0 Å². The highest BCUT2D eigenvalue weighted by molar-refractivity contribution is 6.35. The molecule has 6 nitrogen and oxygen atoms in total. The highest BCUT2D eigenvalue weighted by atomic mass is 16.5. The second-order valence-electron chi connectivity index (χ2n) is 5.50. The van der Waals surface area contributed by atoms with Crippen molar-refractivity contribution in [3.63, 3.8) is 0 Å². The average molecular weight is 285 g/mol. The fourth-order valence-electron chi connectivity index (χ4n) is 1.96. The van der Waals surface area contributed by atoms with E-state index >= 15 is 0 Å². The van der Waals surface area contributed by atoms with Gasteiger partial charge >= 0.3 is 11.8 Å². The zero-order chi connectivity index (χ0) is 14.8. The van der Waals surface area contributed by atoms with Gasteiger partial charge in [-0.2, -0.15) is 0 Å². The third kappa shape index (κ3) is 7.45. The second-order valence-corrected chi connectivity index (χ2v) is 5.50. The first-order valence-corrected chi connectivity index (χ1v) is 7.45. The summed E-state index contributed by atoms with van der Waals surface area (Å²) in [7, 11) is 0. The van der Waals surface area contributed by atoms with Gasteiger partial charge in [-0.15, -0.1) is 0 Å². The van der Waals surface area contributed by atoms with Crippen molar-refractivity contribution in [3.8, 4) is 0 Å². The molecule has 0 aromatic heterocycles. The van der Waals surface area contributed by atoms with Crippen LogP contribution in [0.5, 0.6) is 0 Å². The van der Waals surface area contributed by atoms with Crippen molar-refractivity contribution in [2.45, 2.75) is 26.7 Å². The van der Waals surface area contributed by atoms with E-state index in [4.69, 9.17) is 4.74 Å². The largest absolute Gasteiger partial charge is 0.379 e. The Kier molecular flexibility index (Phi) is 8.22. The molecule has 0 unspecified atom stereocenters. The molecule has 0 aliphatic carbocycles. The molecule has 2 amide bonds. The highest BCUT2D eigenvalue weighted by Gasteiger charge is 2.13. The van der Waals surface area contributed by atoms with E-state index in [0.29, 0.717) is 19.0 Å². The number of carbonyl (C=O) groups excluding carboxylic acids is 2. The summed E-state index contributed by atoms with van der Waals surface area (Å²) in [6, 6.07) is 0. The molecule has 0 radical (unpaired) electrons. The quantitative estimate of drug-likeness (QED) is 0.510. The zero-order valence-electron chi connectivity index (χ0n) is 12.6. The van der Waals surface area contributed by atoms with E-state index in [9.17, 15) is 9.59 Å². The number of morpholine rings is 1. The minimum Gasteiger partial charge on any atom is -0.379 e. The number of hydrogen-bond acceptors (Lipinski definition) is 4. The van der Waals surface area contributed by atoms with Crippen molar-refractivity contribution in [1.82, 2.24) is 15.5 Å². The van der Waals surface area contributed by atoms with Crippen LogP contribution in [0.4, 0.5) is 0 Å². The van der Waals surface area contributed by atoms with E-state index in [1.807, 2.05) is 0 Å². The van der Waals surface area contributed by atoms with Gasteiger partial charge in [0.25, 0.3) is 0 Å². The van der Waals surface area contributed by atoms with Gasteiger partial charge in [0.15, 0.2) is 0 Å². The predicted octanol–water partition coefficient (Wildman–Crippen LogP) is -0.0128. The fraction of sp³-hybridized carbons (Fsp3) is 0.857. The fourth-order valence-corrected chi connectivity index (χ4v) is 1.96. The smallest absolute Gasteiger partial charge is 0.309 e. The van der Waals surface area contributed by atoms with Crippen molar-refractivity contribution in [3.05, 3.63) is 0 Å². The SMILES string of the molecule is CC(C)CCNC(=O)C(=O)NCCCN1CCOCC1. The highest BCUT2D eigenvalue weighted by Crippen LogP contribution is 1.97. The molecular weight excluding hydrogens is 258 g/mol. The first-order valence-electron chi connectivity index (χ1n) is 7.45. The Morgan fingerprint density at radius 1 is 1.10 bits per heavy atom. The van der Waals surface area contributed by atoms with Crippen LogP contribution < -0.4 is 10.6 Å². The first kappa shape index (κ1) is 16.9. The predicted molar refractivity (Wildman–Crippen MR) is 77.4 cm³/mol. The Morgan fingerprint density at radius 2 is 1.70 bits per heavy atom. The number of hydrogen-bond donors (Lipinski definition) is 2. The molecule has 1 aliphatic heterocycles. The first-order chi connectivity index (χ1) is 9.59. The number of ether oxygens (including phenoxy) is 1. The summed E-state index contributed by atoms with van der Waals surface area (Å²) < 4.78 is 5.27. The monoisotopic (exact) mass is 285 g/mol. The lowest BCUT2D eigenvalue weighted by Crippen LogP contribution is -2.42. The minimum atomic E-state index is -0.532. The standard InChI is InChI=1S/C14H27N3O3/c1-12(2)4-6-16-14(19)13(18)15-5-3-7-17-8-10-20-11-9-17/h12H,3-11H2,1-2H3,(H,15,18)(H,16,19). The summed E-state index contributed by atoms with van der Waals surface area (Å²) in [6.45, 7) is 9.64. The molecule has 1 rings (SSSR count). The lowest BCUT2D eigenvalue weighted by Gasteiger charge is -2.26. The van der Waals surface area contributed by atoms with Gasteiger partial charge in [-0.1, -0.05) is 13.8 Å². The third-order valence-corrected chi connectivity index (χ3v) is 3.25. The van der Waals surface area contributed by atoms with E-state index in [-0.39, 0.29) is 0 Å². The van der Waals surface area contributed by atoms with E-state index in [1.165, 1.54) is 0 Å². The van der Waals surface area contributed by atoms with Crippen molar-refractivity contribution in [2.24, 2.45) is 5.92 Å². The molecule has 1 aliphatic rings. The van der Waals surface area contributed by atoms with Gasteiger partial charge < -0.3 is 15.4 Å². The van der Waals surface area contributed by atoms with Gasteiger partial charge in [-0.25, -0.2) is 0 Å². The van der Waals surface area contributed by atoms with Crippen molar-refractivity contribution >= 4 is 11.8 Å². The molecule has 0 saturated carbocycles. The summed E-state index contributed by atoms with van der Waals surface area (Å²) >= 11 is 0. The Bertz CT molecular complexity index is 302. The average Bonchev–Trinajstić information content (AvgIpc) is 2.44. The molecule has 0 spiro atoms. The molecule has 6 heteroatoms. The van der Waals surface area contributed by atoms with Crippen molar-refractivity contribution in [2.75, 3.05) is 45.9 Å². The molecule has 1 fully saturated rings. The van der Waals surface area contributed by atoms with E-state index in [2.05, 4.69) is 29.4 Å². The molecule has 2 N–H and O–H groups in total. The summed E-state index contributed by atoms with van der Waals surface area (Å²) in [5, 5.41) is 5.28. The second kappa shape index (κ2) is 9.72. The van der Waals surface area contributed by atoms with Crippen LogP contribution in [0.25, 0.3) is 0 Å². The summed E-state index contributed by atoms with van der Waals surface area (Å²) in [5.74, 6) is -0.542. The molecule has 116 valence electrons. The number of amides is 2. The summed E-state index contributed by atoms with van der Waals surface area (Å²) in [6.07, 6.45) is 1.74. The van der Waals surface area contributed by atoms with Gasteiger partial charge in [0.1, 0.15) is 0 Å². The molecule has 1 heterocycles. The summed E-state index contributed by atoms with van der Waals surface area (Å²) in [5.41, 5.74) is 0. The van der Waals surface area contributed by atoms with Gasteiger partial charge in [0.2, 0.25) is 0 Å². The Balaban J connectivity index is 2.02. The Hall–Kier alpha value is -1.14. The molecular formula is C14H27N3O3. The molecule has 0 aromatic carbocycles. The normalized spacial score (nSPS) is 16.1. The number of rotatable bonds is 7. The third-order valence-electron chi connectivity index (χ3n) is 3.25. The van der Waals surface area contributed by atoms with Gasteiger partial charge in [0, 0.05) is 26.2 Å².